The Morgan fingerprint density at radius 2 is 2.04 bits per heavy atom. The highest BCUT2D eigenvalue weighted by molar-refractivity contribution is 5.85. The van der Waals surface area contributed by atoms with Crippen LogP contribution in [-0.4, -0.2) is 67.2 Å². The lowest BCUT2D eigenvalue weighted by atomic mass is 10.0. The lowest BCUT2D eigenvalue weighted by Gasteiger charge is -2.39. The third kappa shape index (κ3) is 5.14. The van der Waals surface area contributed by atoms with Gasteiger partial charge in [-0.05, 0) is 31.5 Å². The van der Waals surface area contributed by atoms with Crippen LogP contribution >= 0.6 is 12.4 Å². The van der Waals surface area contributed by atoms with Crippen molar-refractivity contribution in [2.24, 2.45) is 0 Å². The molecule has 2 heterocycles. The molecule has 2 aliphatic heterocycles. The number of carbonyl (C=O) groups excluding carboxylic acids is 1. The molecule has 0 radical (unpaired) electrons. The molecule has 0 aliphatic carbocycles. The van der Waals surface area contributed by atoms with Crippen LogP contribution in [0.15, 0.2) is 24.3 Å². The van der Waals surface area contributed by atoms with Gasteiger partial charge in [-0.15, -0.1) is 12.4 Å². The Bertz CT molecular complexity index is 579. The van der Waals surface area contributed by atoms with E-state index < -0.39 is 0 Å². The molecule has 0 spiro atoms. The van der Waals surface area contributed by atoms with Crippen molar-refractivity contribution in [1.29, 1.82) is 0 Å². The van der Waals surface area contributed by atoms with Crippen LogP contribution in [0.25, 0.3) is 0 Å². The summed E-state index contributed by atoms with van der Waals surface area (Å²) >= 11 is 0. The Kier molecular flexibility index (Phi) is 7.19. The molecule has 0 aromatic heterocycles. The molecule has 2 fully saturated rings. The van der Waals surface area contributed by atoms with E-state index in [9.17, 15) is 9.18 Å². The van der Waals surface area contributed by atoms with Crippen molar-refractivity contribution in [3.8, 4) is 0 Å². The van der Waals surface area contributed by atoms with Crippen molar-refractivity contribution in [1.82, 2.24) is 15.1 Å². The first-order chi connectivity index (χ1) is 11.5. The Morgan fingerprint density at radius 3 is 2.72 bits per heavy atom. The Balaban J connectivity index is 0.00000225. The Morgan fingerprint density at radius 1 is 1.32 bits per heavy atom. The van der Waals surface area contributed by atoms with Crippen molar-refractivity contribution in [3.05, 3.63) is 35.6 Å². The fraction of sp³-hybridized carbons (Fsp3) is 0.611. The minimum absolute atomic E-state index is 0. The molecule has 5 nitrogen and oxygen atoms in total. The lowest BCUT2D eigenvalue weighted by Crippen LogP contribution is -2.54. The fourth-order valence-electron chi connectivity index (χ4n) is 3.63. The number of nitrogens with one attached hydrogen (secondary N) is 1. The third-order valence-electron chi connectivity index (χ3n) is 4.70. The van der Waals surface area contributed by atoms with Crippen molar-refractivity contribution in [2.75, 3.05) is 39.3 Å². The van der Waals surface area contributed by atoms with Crippen molar-refractivity contribution < 1.29 is 13.9 Å². The van der Waals surface area contributed by atoms with Crippen molar-refractivity contribution in [3.63, 3.8) is 0 Å². The van der Waals surface area contributed by atoms with Gasteiger partial charge in [0.15, 0.2) is 0 Å². The van der Waals surface area contributed by atoms with Gasteiger partial charge in [-0.3, -0.25) is 9.69 Å². The summed E-state index contributed by atoms with van der Waals surface area (Å²) in [5.74, 6) is -0.111. The van der Waals surface area contributed by atoms with Crippen LogP contribution in [0.3, 0.4) is 0 Å². The average molecular weight is 372 g/mol. The van der Waals surface area contributed by atoms with E-state index in [1.54, 1.807) is 12.1 Å². The largest absolute Gasteiger partial charge is 0.372 e. The first-order valence-electron chi connectivity index (χ1n) is 8.66. The Labute approximate surface area is 154 Å². The number of ether oxygens (including phenoxy) is 1. The molecule has 140 valence electrons. The molecule has 25 heavy (non-hydrogen) atoms. The zero-order valence-corrected chi connectivity index (χ0v) is 15.6. The number of piperazine rings is 1. The van der Waals surface area contributed by atoms with Crippen LogP contribution in [0.4, 0.5) is 4.39 Å². The van der Waals surface area contributed by atoms with Gasteiger partial charge < -0.3 is 15.0 Å². The first-order valence-corrected chi connectivity index (χ1v) is 8.66. The molecule has 2 aliphatic rings. The van der Waals surface area contributed by atoms with E-state index in [2.05, 4.69) is 10.2 Å². The second-order valence-corrected chi connectivity index (χ2v) is 6.80. The van der Waals surface area contributed by atoms with Gasteiger partial charge >= 0.3 is 0 Å². The number of amides is 1. The topological polar surface area (TPSA) is 44.8 Å². The minimum atomic E-state index is -0.236. The van der Waals surface area contributed by atoms with Crippen LogP contribution in [0.5, 0.6) is 0 Å². The van der Waals surface area contributed by atoms with Crippen LogP contribution in [-0.2, 0) is 9.53 Å². The standard InChI is InChI=1S/C18H26FN3O2.ClH/c1-13-10-22(11-14(2)24-13)18(23)12-21-7-6-20-9-17(21)15-4-3-5-16(19)8-15;/h3-5,8,13-14,17,20H,6-7,9-12H2,1-2H3;1H. The molecule has 3 rings (SSSR count). The number of rotatable bonds is 3. The van der Waals surface area contributed by atoms with E-state index in [1.165, 1.54) is 6.07 Å². The number of hydrogen-bond acceptors (Lipinski definition) is 4. The number of nitrogens with zero attached hydrogens (tertiary/aromatic N) is 2. The van der Waals surface area contributed by atoms with Gasteiger partial charge in [0.1, 0.15) is 5.82 Å². The molecule has 1 aromatic carbocycles. The van der Waals surface area contributed by atoms with E-state index in [0.717, 1.165) is 25.2 Å². The SMILES string of the molecule is CC1CN(C(=O)CN2CCNCC2c2cccc(F)c2)CC(C)O1.Cl. The second-order valence-electron chi connectivity index (χ2n) is 6.80. The highest BCUT2D eigenvalue weighted by Crippen LogP contribution is 2.23. The lowest BCUT2D eigenvalue weighted by molar-refractivity contribution is -0.145. The third-order valence-corrected chi connectivity index (χ3v) is 4.70. The predicted molar refractivity (Wildman–Crippen MR) is 97.4 cm³/mol. The average Bonchev–Trinajstić information content (AvgIpc) is 2.54. The van der Waals surface area contributed by atoms with Gasteiger partial charge in [0.25, 0.3) is 0 Å². The zero-order valence-electron chi connectivity index (χ0n) is 14.8. The molecular formula is C18H27ClFN3O2. The maximum atomic E-state index is 13.6. The summed E-state index contributed by atoms with van der Waals surface area (Å²) in [6.45, 7) is 7.98. The molecule has 1 N–H and O–H groups in total. The minimum Gasteiger partial charge on any atom is -0.372 e. The smallest absolute Gasteiger partial charge is 0.236 e. The molecule has 0 bridgehead atoms. The molecule has 1 aromatic rings. The second kappa shape index (κ2) is 8.94. The number of carbonyl (C=O) groups is 1. The summed E-state index contributed by atoms with van der Waals surface area (Å²) < 4.78 is 19.3. The summed E-state index contributed by atoms with van der Waals surface area (Å²) in [5, 5.41) is 3.34. The molecular weight excluding hydrogens is 345 g/mol. The number of halogens is 2. The van der Waals surface area contributed by atoms with Gasteiger partial charge in [-0.2, -0.15) is 0 Å². The fourth-order valence-corrected chi connectivity index (χ4v) is 3.63. The van der Waals surface area contributed by atoms with Crippen LogP contribution in [0.1, 0.15) is 25.5 Å². The van der Waals surface area contributed by atoms with Crippen molar-refractivity contribution in [2.45, 2.75) is 32.1 Å². The van der Waals surface area contributed by atoms with E-state index in [4.69, 9.17) is 4.74 Å². The first kappa shape index (κ1) is 20.1. The maximum absolute atomic E-state index is 13.6. The van der Waals surface area contributed by atoms with Gasteiger partial charge in [0.05, 0.1) is 18.8 Å². The molecule has 1 amide bonds. The maximum Gasteiger partial charge on any atom is 0.236 e. The number of hydrogen-bond donors (Lipinski definition) is 1. The molecule has 2 saturated heterocycles. The summed E-state index contributed by atoms with van der Waals surface area (Å²) in [5.41, 5.74) is 0.915. The van der Waals surface area contributed by atoms with Crippen LogP contribution in [0, 0.1) is 5.82 Å². The van der Waals surface area contributed by atoms with Crippen molar-refractivity contribution >= 4 is 18.3 Å². The van der Waals surface area contributed by atoms with Gasteiger partial charge in [0, 0.05) is 38.8 Å². The van der Waals surface area contributed by atoms with E-state index >= 15 is 0 Å². The monoisotopic (exact) mass is 371 g/mol. The zero-order chi connectivity index (χ0) is 17.1. The van der Waals surface area contributed by atoms with Gasteiger partial charge in [0.2, 0.25) is 5.91 Å². The summed E-state index contributed by atoms with van der Waals surface area (Å²) in [6, 6.07) is 6.69. The van der Waals surface area contributed by atoms with Gasteiger partial charge in [-0.25, -0.2) is 4.39 Å². The van der Waals surface area contributed by atoms with Gasteiger partial charge in [-0.1, -0.05) is 12.1 Å². The summed E-state index contributed by atoms with van der Waals surface area (Å²) in [4.78, 5) is 16.8. The van der Waals surface area contributed by atoms with E-state index in [0.29, 0.717) is 19.6 Å². The summed E-state index contributed by atoms with van der Waals surface area (Å²) in [7, 11) is 0. The normalized spacial score (nSPS) is 27.6. The number of benzene rings is 1. The Hall–Kier alpha value is -1.21. The predicted octanol–water partition coefficient (Wildman–Crippen LogP) is 1.83. The van der Waals surface area contributed by atoms with E-state index in [-0.39, 0.29) is 42.4 Å². The highest BCUT2D eigenvalue weighted by atomic mass is 35.5. The number of morpholine rings is 1. The molecule has 3 atom stereocenters. The molecule has 0 saturated carbocycles. The quantitative estimate of drug-likeness (QED) is 0.880. The van der Waals surface area contributed by atoms with Crippen LogP contribution in [0.2, 0.25) is 0 Å². The highest BCUT2D eigenvalue weighted by Gasteiger charge is 2.30. The van der Waals surface area contributed by atoms with E-state index in [1.807, 2.05) is 24.8 Å². The molecule has 7 heteroatoms. The molecule has 3 unspecified atom stereocenters. The summed E-state index contributed by atoms with van der Waals surface area (Å²) in [6.07, 6.45) is 0.138. The van der Waals surface area contributed by atoms with Crippen LogP contribution < -0.4 is 5.32 Å².